The van der Waals surface area contributed by atoms with E-state index < -0.39 is 5.97 Å². The maximum atomic E-state index is 12.2. The van der Waals surface area contributed by atoms with Gasteiger partial charge >= 0.3 is 12.0 Å². The molecular formula is C15H24N2O4. The lowest BCUT2D eigenvalue weighted by Gasteiger charge is -2.31. The van der Waals surface area contributed by atoms with Gasteiger partial charge in [-0.2, -0.15) is 0 Å². The zero-order valence-corrected chi connectivity index (χ0v) is 12.5. The van der Waals surface area contributed by atoms with Gasteiger partial charge < -0.3 is 10.0 Å². The van der Waals surface area contributed by atoms with Gasteiger partial charge in [0.2, 0.25) is 5.91 Å². The normalized spacial score (nSPS) is 26.0. The molecule has 0 radical (unpaired) electrons. The molecule has 0 aromatic heterocycles. The van der Waals surface area contributed by atoms with Gasteiger partial charge in [-0.3, -0.25) is 14.9 Å². The molecule has 0 spiro atoms. The molecule has 1 heterocycles. The second-order valence-electron chi connectivity index (χ2n) is 6.35. The molecule has 3 atom stereocenters. The first-order valence-corrected chi connectivity index (χ1v) is 7.79. The molecule has 2 aliphatic rings. The molecule has 2 rings (SSSR count). The average Bonchev–Trinajstić information content (AvgIpc) is 2.80. The number of hydrogen-bond donors (Lipinski definition) is 2. The molecule has 0 aromatic carbocycles. The largest absolute Gasteiger partial charge is 0.481 e. The van der Waals surface area contributed by atoms with Crippen LogP contribution in [0.4, 0.5) is 4.79 Å². The maximum absolute atomic E-state index is 12.2. The molecular weight excluding hydrogens is 272 g/mol. The highest BCUT2D eigenvalue weighted by Gasteiger charge is 2.38. The van der Waals surface area contributed by atoms with Crippen LogP contribution in [-0.2, 0) is 9.59 Å². The van der Waals surface area contributed by atoms with Crippen molar-refractivity contribution < 1.29 is 19.5 Å². The maximum Gasteiger partial charge on any atom is 0.324 e. The van der Waals surface area contributed by atoms with E-state index in [9.17, 15) is 14.4 Å². The molecule has 0 aromatic rings. The number of nitrogens with zero attached hydrogens (tertiary/aromatic N) is 1. The standard InChI is InChI=1S/C15H24N2O4/c1-10(9-14(19)20)8-13(18)16-15(21)17-7-6-11-4-2-3-5-12(11)17/h10-12H,2-9H2,1H3,(H,19,20)(H,16,18,21). The van der Waals surface area contributed by atoms with Gasteiger partial charge in [0, 0.05) is 25.4 Å². The van der Waals surface area contributed by atoms with Crippen molar-refractivity contribution in [2.75, 3.05) is 6.54 Å². The molecule has 3 unspecified atom stereocenters. The summed E-state index contributed by atoms with van der Waals surface area (Å²) < 4.78 is 0. The Labute approximate surface area is 124 Å². The SMILES string of the molecule is CC(CC(=O)O)CC(=O)NC(=O)N1CCC2CCCCC21. The van der Waals surface area contributed by atoms with E-state index >= 15 is 0 Å². The van der Waals surface area contributed by atoms with E-state index in [4.69, 9.17) is 5.11 Å². The minimum Gasteiger partial charge on any atom is -0.481 e. The van der Waals surface area contributed by atoms with Gasteiger partial charge in [0.15, 0.2) is 0 Å². The van der Waals surface area contributed by atoms with Crippen LogP contribution < -0.4 is 5.32 Å². The second-order valence-corrected chi connectivity index (χ2v) is 6.35. The van der Waals surface area contributed by atoms with Crippen LogP contribution in [0.3, 0.4) is 0 Å². The predicted molar refractivity (Wildman–Crippen MR) is 76.6 cm³/mol. The monoisotopic (exact) mass is 296 g/mol. The molecule has 6 nitrogen and oxygen atoms in total. The summed E-state index contributed by atoms with van der Waals surface area (Å²) >= 11 is 0. The molecule has 21 heavy (non-hydrogen) atoms. The summed E-state index contributed by atoms with van der Waals surface area (Å²) in [5.74, 6) is -0.985. The predicted octanol–water partition coefficient (Wildman–Crippen LogP) is 1.99. The Kier molecular flexibility index (Phi) is 5.20. The third-order valence-corrected chi connectivity index (χ3v) is 4.57. The second kappa shape index (κ2) is 6.91. The lowest BCUT2D eigenvalue weighted by Crippen LogP contribution is -2.47. The van der Waals surface area contributed by atoms with E-state index in [1.165, 1.54) is 12.8 Å². The summed E-state index contributed by atoms with van der Waals surface area (Å²) in [6.45, 7) is 2.42. The van der Waals surface area contributed by atoms with Crippen LogP contribution in [0.25, 0.3) is 0 Å². The summed E-state index contributed by atoms with van der Waals surface area (Å²) in [7, 11) is 0. The average molecular weight is 296 g/mol. The molecule has 2 fully saturated rings. The lowest BCUT2D eigenvalue weighted by molar-refractivity contribution is -0.138. The van der Waals surface area contributed by atoms with Gasteiger partial charge in [0.1, 0.15) is 0 Å². The number of carbonyl (C=O) groups is 3. The molecule has 1 aliphatic carbocycles. The van der Waals surface area contributed by atoms with Crippen molar-refractivity contribution in [3.63, 3.8) is 0 Å². The molecule has 2 N–H and O–H groups in total. The zero-order valence-electron chi connectivity index (χ0n) is 12.5. The highest BCUT2D eigenvalue weighted by atomic mass is 16.4. The first kappa shape index (κ1) is 15.8. The summed E-state index contributed by atoms with van der Waals surface area (Å²) in [4.78, 5) is 36.4. The summed E-state index contributed by atoms with van der Waals surface area (Å²) in [5, 5.41) is 11.1. The Hall–Kier alpha value is -1.59. The van der Waals surface area contributed by atoms with Crippen LogP contribution in [0.5, 0.6) is 0 Å². The first-order valence-electron chi connectivity index (χ1n) is 7.79. The van der Waals surface area contributed by atoms with Crippen molar-refractivity contribution in [2.45, 2.75) is 57.9 Å². The van der Waals surface area contributed by atoms with Crippen molar-refractivity contribution in [1.82, 2.24) is 10.2 Å². The highest BCUT2D eigenvalue weighted by Crippen LogP contribution is 2.35. The third-order valence-electron chi connectivity index (χ3n) is 4.57. The molecule has 1 saturated carbocycles. The number of carbonyl (C=O) groups excluding carboxylic acids is 2. The number of amides is 3. The van der Waals surface area contributed by atoms with Crippen molar-refractivity contribution in [2.24, 2.45) is 11.8 Å². The van der Waals surface area contributed by atoms with E-state index in [-0.39, 0.29) is 36.7 Å². The summed E-state index contributed by atoms with van der Waals surface area (Å²) in [6.07, 6.45) is 5.63. The first-order chi connectivity index (χ1) is 9.97. The summed E-state index contributed by atoms with van der Waals surface area (Å²) in [5.41, 5.74) is 0. The van der Waals surface area contributed by atoms with Gasteiger partial charge in [-0.25, -0.2) is 4.79 Å². The van der Waals surface area contributed by atoms with Crippen LogP contribution in [0.1, 0.15) is 51.9 Å². The minimum atomic E-state index is -0.925. The number of urea groups is 1. The molecule has 3 amide bonds. The molecule has 1 saturated heterocycles. The van der Waals surface area contributed by atoms with E-state index in [1.54, 1.807) is 11.8 Å². The zero-order chi connectivity index (χ0) is 15.4. The molecule has 1 aliphatic heterocycles. The third kappa shape index (κ3) is 4.19. The van der Waals surface area contributed by atoms with Crippen LogP contribution in [0.2, 0.25) is 0 Å². The Morgan fingerprint density at radius 2 is 1.90 bits per heavy atom. The smallest absolute Gasteiger partial charge is 0.324 e. The topological polar surface area (TPSA) is 86.7 Å². The number of likely N-dealkylation sites (tertiary alicyclic amines) is 1. The van der Waals surface area contributed by atoms with E-state index in [0.717, 1.165) is 25.8 Å². The molecule has 118 valence electrons. The number of rotatable bonds is 4. The van der Waals surface area contributed by atoms with Gasteiger partial charge in [-0.05, 0) is 31.1 Å². The Balaban J connectivity index is 1.81. The van der Waals surface area contributed by atoms with Crippen molar-refractivity contribution in [1.29, 1.82) is 0 Å². The highest BCUT2D eigenvalue weighted by molar-refractivity contribution is 5.94. The van der Waals surface area contributed by atoms with Crippen LogP contribution in [0.15, 0.2) is 0 Å². The van der Waals surface area contributed by atoms with Crippen molar-refractivity contribution >= 4 is 17.9 Å². The minimum absolute atomic E-state index is 0.0595. The van der Waals surface area contributed by atoms with Crippen LogP contribution in [0, 0.1) is 11.8 Å². The van der Waals surface area contributed by atoms with Gasteiger partial charge in [0.25, 0.3) is 0 Å². The fourth-order valence-electron chi connectivity index (χ4n) is 3.59. The fourth-order valence-corrected chi connectivity index (χ4v) is 3.59. The van der Waals surface area contributed by atoms with Crippen molar-refractivity contribution in [3.8, 4) is 0 Å². The van der Waals surface area contributed by atoms with E-state index in [1.807, 2.05) is 0 Å². The Bertz CT molecular complexity index is 424. The Morgan fingerprint density at radius 1 is 1.19 bits per heavy atom. The van der Waals surface area contributed by atoms with Gasteiger partial charge in [-0.15, -0.1) is 0 Å². The van der Waals surface area contributed by atoms with E-state index in [0.29, 0.717) is 5.92 Å². The molecule has 0 bridgehead atoms. The fraction of sp³-hybridized carbons (Fsp3) is 0.800. The number of imide groups is 1. The number of carboxylic acid groups (broad SMARTS) is 1. The number of aliphatic carboxylic acids is 1. The number of nitrogens with one attached hydrogen (secondary N) is 1. The van der Waals surface area contributed by atoms with Crippen LogP contribution in [-0.4, -0.2) is 40.5 Å². The van der Waals surface area contributed by atoms with Crippen LogP contribution >= 0.6 is 0 Å². The molecule has 6 heteroatoms. The van der Waals surface area contributed by atoms with Gasteiger partial charge in [-0.1, -0.05) is 19.8 Å². The Morgan fingerprint density at radius 3 is 2.62 bits per heavy atom. The lowest BCUT2D eigenvalue weighted by atomic mass is 9.85. The quantitative estimate of drug-likeness (QED) is 0.830. The van der Waals surface area contributed by atoms with Crippen molar-refractivity contribution in [3.05, 3.63) is 0 Å². The number of fused-ring (bicyclic) bond motifs is 1. The number of hydrogen-bond acceptors (Lipinski definition) is 3. The number of carboxylic acids is 1. The van der Waals surface area contributed by atoms with Gasteiger partial charge in [0.05, 0.1) is 0 Å². The summed E-state index contributed by atoms with van der Waals surface area (Å²) in [6, 6.07) is -0.0279. The van der Waals surface area contributed by atoms with E-state index in [2.05, 4.69) is 5.32 Å².